The van der Waals surface area contributed by atoms with Crippen LogP contribution in [-0.4, -0.2) is 43.0 Å². The molecule has 1 fully saturated rings. The number of likely N-dealkylation sites (tertiary alicyclic amines) is 1. The molecule has 6 nitrogen and oxygen atoms in total. The highest BCUT2D eigenvalue weighted by Gasteiger charge is 2.29. The minimum atomic E-state index is -0.297. The van der Waals surface area contributed by atoms with E-state index in [1.165, 1.54) is 12.1 Å². The van der Waals surface area contributed by atoms with Gasteiger partial charge in [-0.15, -0.1) is 0 Å². The Labute approximate surface area is 169 Å². The van der Waals surface area contributed by atoms with Gasteiger partial charge in [-0.1, -0.05) is 12.1 Å². The molecule has 1 saturated heterocycles. The molecule has 29 heavy (non-hydrogen) atoms. The Bertz CT molecular complexity index is 824. The largest absolute Gasteiger partial charge is 0.494 e. The maximum absolute atomic E-state index is 13.0. The second-order valence-corrected chi connectivity index (χ2v) is 6.97. The van der Waals surface area contributed by atoms with Crippen molar-refractivity contribution in [1.82, 2.24) is 10.2 Å². The zero-order valence-electron chi connectivity index (χ0n) is 16.4. The van der Waals surface area contributed by atoms with E-state index in [9.17, 15) is 14.0 Å². The van der Waals surface area contributed by atoms with Crippen LogP contribution in [-0.2, 0) is 16.1 Å². The van der Waals surface area contributed by atoms with Gasteiger partial charge in [0, 0.05) is 32.0 Å². The van der Waals surface area contributed by atoms with Crippen molar-refractivity contribution in [2.24, 2.45) is 5.92 Å². The normalized spacial score (nSPS) is 16.0. The highest BCUT2D eigenvalue weighted by atomic mass is 19.1. The van der Waals surface area contributed by atoms with Gasteiger partial charge in [-0.05, 0) is 48.9 Å². The van der Waals surface area contributed by atoms with E-state index < -0.39 is 0 Å². The van der Waals surface area contributed by atoms with Gasteiger partial charge in [0.1, 0.15) is 17.3 Å². The molecule has 0 bridgehead atoms. The number of carbonyl (C=O) groups excluding carboxylic acids is 2. The van der Waals surface area contributed by atoms with E-state index in [1.807, 2.05) is 6.92 Å². The van der Waals surface area contributed by atoms with E-state index in [1.54, 1.807) is 41.3 Å². The molecule has 1 unspecified atom stereocenters. The summed E-state index contributed by atoms with van der Waals surface area (Å²) in [6, 6.07) is 13.2. The summed E-state index contributed by atoms with van der Waals surface area (Å²) in [4.78, 5) is 26.0. The lowest BCUT2D eigenvalue weighted by Crippen LogP contribution is -2.34. The minimum Gasteiger partial charge on any atom is -0.494 e. The molecular weight excluding hydrogens is 375 g/mol. The molecule has 0 radical (unpaired) electrons. The van der Waals surface area contributed by atoms with E-state index in [-0.39, 0.29) is 30.2 Å². The van der Waals surface area contributed by atoms with E-state index in [4.69, 9.17) is 9.47 Å². The molecular formula is C22H25FN2O4. The van der Waals surface area contributed by atoms with Gasteiger partial charge in [0.05, 0.1) is 6.61 Å². The molecule has 1 aliphatic heterocycles. The van der Waals surface area contributed by atoms with E-state index in [0.29, 0.717) is 38.4 Å². The van der Waals surface area contributed by atoms with Crippen LogP contribution in [0.4, 0.5) is 4.39 Å². The third kappa shape index (κ3) is 6.20. The van der Waals surface area contributed by atoms with Gasteiger partial charge in [0.2, 0.25) is 5.91 Å². The molecule has 154 valence electrons. The third-order valence-electron chi connectivity index (χ3n) is 4.67. The molecule has 3 rings (SSSR count). The first-order chi connectivity index (χ1) is 14.0. The van der Waals surface area contributed by atoms with Crippen LogP contribution in [0.2, 0.25) is 0 Å². The summed E-state index contributed by atoms with van der Waals surface area (Å²) < 4.78 is 23.8. The summed E-state index contributed by atoms with van der Waals surface area (Å²) >= 11 is 0. The fourth-order valence-electron chi connectivity index (χ4n) is 3.21. The maximum Gasteiger partial charge on any atom is 0.257 e. The van der Waals surface area contributed by atoms with E-state index in [2.05, 4.69) is 5.32 Å². The van der Waals surface area contributed by atoms with Gasteiger partial charge in [-0.3, -0.25) is 9.59 Å². The van der Waals surface area contributed by atoms with Gasteiger partial charge in [0.25, 0.3) is 5.91 Å². The van der Waals surface area contributed by atoms with Crippen LogP contribution >= 0.6 is 0 Å². The minimum absolute atomic E-state index is 0.0409. The van der Waals surface area contributed by atoms with Crippen molar-refractivity contribution in [3.8, 4) is 11.5 Å². The van der Waals surface area contributed by atoms with Crippen molar-refractivity contribution < 1.29 is 23.5 Å². The van der Waals surface area contributed by atoms with Gasteiger partial charge in [-0.2, -0.15) is 0 Å². The summed E-state index contributed by atoms with van der Waals surface area (Å²) in [6.45, 7) is 3.84. The lowest BCUT2D eigenvalue weighted by Gasteiger charge is -2.17. The summed E-state index contributed by atoms with van der Waals surface area (Å²) in [7, 11) is 0. The van der Waals surface area contributed by atoms with Crippen molar-refractivity contribution in [2.45, 2.75) is 19.9 Å². The molecule has 0 saturated carbocycles. The molecule has 2 amide bonds. The Morgan fingerprint density at radius 2 is 1.76 bits per heavy atom. The predicted octanol–water partition coefficient (Wildman–Crippen LogP) is 2.77. The predicted molar refractivity (Wildman–Crippen MR) is 106 cm³/mol. The van der Waals surface area contributed by atoms with Crippen molar-refractivity contribution in [3.05, 3.63) is 59.9 Å². The number of hydrogen-bond acceptors (Lipinski definition) is 4. The van der Waals surface area contributed by atoms with Crippen LogP contribution in [0, 0.1) is 11.7 Å². The highest BCUT2D eigenvalue weighted by molar-refractivity contribution is 5.79. The molecule has 7 heteroatoms. The molecule has 0 aliphatic carbocycles. The number of benzene rings is 2. The van der Waals surface area contributed by atoms with Crippen LogP contribution in [0.25, 0.3) is 0 Å². The molecule has 0 aromatic heterocycles. The van der Waals surface area contributed by atoms with Crippen molar-refractivity contribution in [2.75, 3.05) is 26.3 Å². The van der Waals surface area contributed by atoms with Gasteiger partial charge >= 0.3 is 0 Å². The lowest BCUT2D eigenvalue weighted by molar-refractivity contribution is -0.128. The zero-order valence-corrected chi connectivity index (χ0v) is 16.4. The molecule has 1 N–H and O–H groups in total. The van der Waals surface area contributed by atoms with Gasteiger partial charge in [-0.25, -0.2) is 4.39 Å². The molecule has 1 heterocycles. The number of carbonyl (C=O) groups is 2. The average Bonchev–Trinajstić information content (AvgIpc) is 3.07. The topological polar surface area (TPSA) is 67.9 Å². The number of rotatable bonds is 9. The van der Waals surface area contributed by atoms with Crippen molar-refractivity contribution in [1.29, 1.82) is 0 Å². The first kappa shape index (κ1) is 20.6. The average molecular weight is 400 g/mol. The van der Waals surface area contributed by atoms with E-state index >= 15 is 0 Å². The Hall–Kier alpha value is -3.09. The Morgan fingerprint density at radius 3 is 2.41 bits per heavy atom. The molecule has 2 aromatic rings. The standard InChI is InChI=1S/C22H25FN2O4/c1-2-28-19-7-9-20(10-8-19)29-15-21(26)24-12-17-11-22(27)25(14-17)13-16-3-5-18(23)6-4-16/h3-10,17H,2,11-15H2,1H3,(H,24,26). The molecule has 0 spiro atoms. The van der Waals surface area contributed by atoms with Crippen LogP contribution in [0.15, 0.2) is 48.5 Å². The molecule has 2 aromatic carbocycles. The Kier molecular flexibility index (Phi) is 7.05. The second-order valence-electron chi connectivity index (χ2n) is 6.97. The van der Waals surface area contributed by atoms with E-state index in [0.717, 1.165) is 11.3 Å². The molecule has 1 aliphatic rings. The molecule has 1 atom stereocenters. The summed E-state index contributed by atoms with van der Waals surface area (Å²) in [5.74, 6) is 0.903. The monoisotopic (exact) mass is 400 g/mol. The summed E-state index contributed by atoms with van der Waals surface area (Å²) in [6.07, 6.45) is 0.390. The van der Waals surface area contributed by atoms with Crippen molar-refractivity contribution >= 4 is 11.8 Å². The van der Waals surface area contributed by atoms with Crippen LogP contribution in [0.1, 0.15) is 18.9 Å². The number of halogens is 1. The Morgan fingerprint density at radius 1 is 1.10 bits per heavy atom. The fourth-order valence-corrected chi connectivity index (χ4v) is 3.21. The maximum atomic E-state index is 13.0. The summed E-state index contributed by atoms with van der Waals surface area (Å²) in [5, 5.41) is 2.82. The van der Waals surface area contributed by atoms with Crippen LogP contribution in [0.3, 0.4) is 0 Å². The van der Waals surface area contributed by atoms with Gasteiger partial charge < -0.3 is 19.7 Å². The Balaban J connectivity index is 1.38. The third-order valence-corrected chi connectivity index (χ3v) is 4.67. The smallest absolute Gasteiger partial charge is 0.257 e. The van der Waals surface area contributed by atoms with Crippen LogP contribution in [0.5, 0.6) is 11.5 Å². The fraction of sp³-hybridized carbons (Fsp3) is 0.364. The summed E-state index contributed by atoms with van der Waals surface area (Å²) in [5.41, 5.74) is 0.883. The highest BCUT2D eigenvalue weighted by Crippen LogP contribution is 2.20. The van der Waals surface area contributed by atoms with Crippen LogP contribution < -0.4 is 14.8 Å². The number of nitrogens with zero attached hydrogens (tertiary/aromatic N) is 1. The lowest BCUT2D eigenvalue weighted by atomic mass is 10.1. The first-order valence-corrected chi connectivity index (χ1v) is 9.68. The second kappa shape index (κ2) is 9.91. The number of nitrogens with one attached hydrogen (secondary N) is 1. The van der Waals surface area contributed by atoms with Gasteiger partial charge in [0.15, 0.2) is 6.61 Å². The number of amides is 2. The first-order valence-electron chi connectivity index (χ1n) is 9.68. The van der Waals surface area contributed by atoms with Crippen molar-refractivity contribution in [3.63, 3.8) is 0 Å². The zero-order chi connectivity index (χ0) is 20.6. The quantitative estimate of drug-likeness (QED) is 0.703. The number of hydrogen-bond donors (Lipinski definition) is 1. The number of ether oxygens (including phenoxy) is 2. The SMILES string of the molecule is CCOc1ccc(OCC(=O)NCC2CC(=O)N(Cc3ccc(F)cc3)C2)cc1.